The minimum absolute atomic E-state index is 0.0119. The fourth-order valence-corrected chi connectivity index (χ4v) is 3.96. The maximum atomic E-state index is 12.7. The first-order valence-corrected chi connectivity index (χ1v) is 11.4. The first-order chi connectivity index (χ1) is 13.9. The molecule has 1 amide bonds. The summed E-state index contributed by atoms with van der Waals surface area (Å²) in [6.45, 7) is 0.250. The largest absolute Gasteiger partial charge is 0.426 e. The Morgan fingerprint density at radius 1 is 1.03 bits per heavy atom. The van der Waals surface area contributed by atoms with Gasteiger partial charge in [0.1, 0.15) is 0 Å². The zero-order valence-electron chi connectivity index (χ0n) is 15.4. The van der Waals surface area contributed by atoms with E-state index in [1.54, 1.807) is 5.32 Å². The first kappa shape index (κ1) is 24.9. The predicted molar refractivity (Wildman–Crippen MR) is 105 cm³/mol. The number of halogens is 4. The smallest absolute Gasteiger partial charge is 0.373 e. The molecule has 170 valence electrons. The van der Waals surface area contributed by atoms with Crippen LogP contribution in [0.15, 0.2) is 52.3 Å². The van der Waals surface area contributed by atoms with E-state index in [0.717, 1.165) is 42.5 Å². The number of amides is 1. The van der Waals surface area contributed by atoms with Crippen molar-refractivity contribution in [2.75, 3.05) is 10.0 Å². The summed E-state index contributed by atoms with van der Waals surface area (Å²) in [5, 5.41) is 15.7. The summed E-state index contributed by atoms with van der Waals surface area (Å²) in [7, 11) is -8.21. The summed E-state index contributed by atoms with van der Waals surface area (Å²) in [6, 6.07) is 7.19. The van der Waals surface area contributed by atoms with Crippen LogP contribution in [-0.4, -0.2) is 39.6 Å². The lowest BCUT2D eigenvalue weighted by Gasteiger charge is -2.25. The normalized spacial score (nSPS) is 14.5. The van der Waals surface area contributed by atoms with E-state index in [1.165, 1.54) is 0 Å². The molecule has 0 radical (unpaired) electrons. The van der Waals surface area contributed by atoms with Crippen LogP contribution in [-0.2, 0) is 24.8 Å². The van der Waals surface area contributed by atoms with Gasteiger partial charge in [-0.2, -0.15) is 13.2 Å². The van der Waals surface area contributed by atoms with E-state index in [0.29, 0.717) is 0 Å². The Hall–Kier alpha value is -2.39. The summed E-state index contributed by atoms with van der Waals surface area (Å²) in [5.74, 6) is -1.81. The van der Waals surface area contributed by atoms with Crippen LogP contribution < -0.4 is 15.2 Å². The number of anilines is 2. The molecule has 15 heteroatoms. The highest BCUT2D eigenvalue weighted by molar-refractivity contribution is 7.92. The monoisotopic (exact) mass is 501 g/mol. The van der Waals surface area contributed by atoms with E-state index in [9.17, 15) is 39.9 Å². The summed E-state index contributed by atoms with van der Waals surface area (Å²) >= 11 is 5.87. The van der Waals surface area contributed by atoms with Crippen molar-refractivity contribution in [1.82, 2.24) is 0 Å². The quantitative estimate of drug-likeness (QED) is 0.474. The molecule has 9 nitrogen and oxygen atoms in total. The van der Waals surface area contributed by atoms with Crippen LogP contribution in [0.5, 0.6) is 0 Å². The van der Waals surface area contributed by atoms with Gasteiger partial charge in [0.25, 0.3) is 15.9 Å². The van der Waals surface area contributed by atoms with Gasteiger partial charge in [-0.1, -0.05) is 11.6 Å². The van der Waals surface area contributed by atoms with E-state index in [4.69, 9.17) is 16.7 Å². The number of nitrogens with one attached hydrogen (secondary N) is 2. The van der Waals surface area contributed by atoms with Crippen LogP contribution in [0.3, 0.4) is 0 Å². The summed E-state index contributed by atoms with van der Waals surface area (Å²) in [6.07, 6.45) is -5.25. The highest BCUT2D eigenvalue weighted by Gasteiger charge is 2.55. The fourth-order valence-electron chi connectivity index (χ4n) is 2.06. The fraction of sp³-hybridized carbons (Fsp3) is 0.188. The molecule has 5 N–H and O–H groups in total. The first-order valence-electron chi connectivity index (χ1n) is 8.01. The van der Waals surface area contributed by atoms with Gasteiger partial charge in [-0.25, -0.2) is 22.0 Å². The minimum atomic E-state index is -5.25. The highest BCUT2D eigenvalue weighted by atomic mass is 35.5. The number of benzene rings is 2. The van der Waals surface area contributed by atoms with Gasteiger partial charge in [0.2, 0.25) is 15.6 Å². The lowest BCUT2D eigenvalue weighted by molar-refractivity contribution is -0.242. The molecular weight excluding hydrogens is 487 g/mol. The molecular formula is C16H15ClF3N3O6S2. The van der Waals surface area contributed by atoms with Gasteiger partial charge in [0, 0.05) is 5.69 Å². The Labute approximate surface area is 180 Å². The maximum absolute atomic E-state index is 12.7. The van der Waals surface area contributed by atoms with Crippen LogP contribution in [0, 0.1) is 0 Å². The molecule has 0 aliphatic rings. The number of carbonyl (C=O) groups is 1. The maximum Gasteiger partial charge on any atom is 0.426 e. The number of hydrogen-bond donors (Lipinski definition) is 4. The number of aliphatic hydroxyl groups is 1. The van der Waals surface area contributed by atoms with Gasteiger partial charge in [0.15, 0.2) is 0 Å². The molecule has 0 aromatic heterocycles. The zero-order chi connectivity index (χ0) is 23.8. The third-order valence-electron chi connectivity index (χ3n) is 3.93. The van der Waals surface area contributed by atoms with Crippen molar-refractivity contribution in [3.05, 3.63) is 47.5 Å². The Kier molecular flexibility index (Phi) is 6.64. The van der Waals surface area contributed by atoms with Crippen LogP contribution >= 0.6 is 11.6 Å². The lowest BCUT2D eigenvalue weighted by atomic mass is 10.1. The molecule has 31 heavy (non-hydrogen) atoms. The van der Waals surface area contributed by atoms with E-state index in [-0.39, 0.29) is 23.2 Å². The number of rotatable bonds is 6. The number of nitrogens with two attached hydrogens (primary N) is 1. The third-order valence-corrected chi connectivity index (χ3v) is 6.55. The molecule has 1 atom stereocenters. The van der Waals surface area contributed by atoms with Gasteiger partial charge >= 0.3 is 6.18 Å². The molecule has 2 aromatic carbocycles. The van der Waals surface area contributed by atoms with Gasteiger partial charge < -0.3 is 10.4 Å². The number of hydrogen-bond acceptors (Lipinski definition) is 6. The van der Waals surface area contributed by atoms with E-state index < -0.39 is 47.6 Å². The van der Waals surface area contributed by atoms with Crippen molar-refractivity contribution in [2.45, 2.75) is 28.5 Å². The second kappa shape index (κ2) is 8.27. The number of primary sulfonamides is 1. The van der Waals surface area contributed by atoms with Crippen molar-refractivity contribution in [1.29, 1.82) is 0 Å². The number of carbonyl (C=O) groups excluding carboxylic acids is 1. The molecule has 2 aromatic rings. The van der Waals surface area contributed by atoms with Gasteiger partial charge in [0.05, 0.1) is 20.5 Å². The third kappa shape index (κ3) is 5.65. The van der Waals surface area contributed by atoms with Gasteiger partial charge in [-0.15, -0.1) is 0 Å². The van der Waals surface area contributed by atoms with Crippen LogP contribution in [0.4, 0.5) is 24.5 Å². The van der Waals surface area contributed by atoms with Crippen LogP contribution in [0.2, 0.25) is 5.02 Å². The molecule has 0 spiro atoms. The molecule has 0 heterocycles. The number of sulfonamides is 2. The van der Waals surface area contributed by atoms with Gasteiger partial charge in [-0.3, -0.25) is 9.52 Å². The molecule has 0 saturated heterocycles. The van der Waals surface area contributed by atoms with E-state index in [2.05, 4.69) is 4.72 Å². The molecule has 0 aliphatic carbocycles. The summed E-state index contributed by atoms with van der Waals surface area (Å²) in [4.78, 5) is 11.1. The topological polar surface area (TPSA) is 156 Å². The van der Waals surface area contributed by atoms with Crippen molar-refractivity contribution >= 4 is 48.9 Å². The lowest BCUT2D eigenvalue weighted by Crippen LogP contribution is -2.52. The molecule has 0 aliphatic heterocycles. The standard InChI is InChI=1S/C16H15ClF3N3O6S2/c1-15(25,16(18,19)20)14(24)22-13-7-6-11(8-12(13)17)31(28,29)23-9-2-4-10(5-3-9)30(21,26)27/h2-8,23,25H,1H3,(H,22,24)(H2,21,26,27). The summed E-state index contributed by atoms with van der Waals surface area (Å²) < 4.78 is 87.7. The average Bonchev–Trinajstić information content (AvgIpc) is 2.61. The van der Waals surface area contributed by atoms with E-state index >= 15 is 0 Å². The predicted octanol–water partition coefficient (Wildman–Crippen LogP) is 2.04. The van der Waals surface area contributed by atoms with Crippen LogP contribution in [0.25, 0.3) is 0 Å². The van der Waals surface area contributed by atoms with Crippen LogP contribution in [0.1, 0.15) is 6.92 Å². The second-order valence-corrected chi connectivity index (χ2v) is 9.99. The second-order valence-electron chi connectivity index (χ2n) is 6.34. The molecule has 1 unspecified atom stereocenters. The summed E-state index contributed by atoms with van der Waals surface area (Å²) in [5.41, 5.74) is -4.08. The average molecular weight is 502 g/mol. The Balaban J connectivity index is 2.24. The van der Waals surface area contributed by atoms with Crippen molar-refractivity contribution in [3.8, 4) is 0 Å². The van der Waals surface area contributed by atoms with Crippen molar-refractivity contribution in [2.24, 2.45) is 5.14 Å². The Bertz CT molecular complexity index is 1210. The van der Waals surface area contributed by atoms with Crippen molar-refractivity contribution in [3.63, 3.8) is 0 Å². The molecule has 0 fully saturated rings. The minimum Gasteiger partial charge on any atom is -0.373 e. The SMILES string of the molecule is CC(O)(C(=O)Nc1ccc(S(=O)(=O)Nc2ccc(S(N)(=O)=O)cc2)cc1Cl)C(F)(F)F. The Morgan fingerprint density at radius 3 is 2.00 bits per heavy atom. The molecule has 2 rings (SSSR count). The van der Waals surface area contributed by atoms with Gasteiger partial charge in [-0.05, 0) is 49.4 Å². The van der Waals surface area contributed by atoms with Crippen molar-refractivity contribution < 1.29 is 39.9 Å². The van der Waals surface area contributed by atoms with E-state index in [1.807, 2.05) is 0 Å². The number of alkyl halides is 3. The highest BCUT2D eigenvalue weighted by Crippen LogP contribution is 2.33. The molecule has 0 bridgehead atoms. The zero-order valence-corrected chi connectivity index (χ0v) is 17.8. The Morgan fingerprint density at radius 2 is 1.55 bits per heavy atom. The molecule has 0 saturated carbocycles.